The van der Waals surface area contributed by atoms with Crippen LogP contribution in [0.15, 0.2) is 47.6 Å². The zero-order chi connectivity index (χ0) is 14.3. The van der Waals surface area contributed by atoms with Crippen molar-refractivity contribution in [3.8, 4) is 0 Å². The number of hydrogen-bond donors (Lipinski definition) is 1. The summed E-state index contributed by atoms with van der Waals surface area (Å²) in [5.74, 6) is 0. The molecule has 1 aliphatic rings. The Kier molecular flexibility index (Phi) is 2.90. The summed E-state index contributed by atoms with van der Waals surface area (Å²) in [6, 6.07) is 10.5. The molecule has 0 spiro atoms. The van der Waals surface area contributed by atoms with Gasteiger partial charge in [-0.05, 0) is 37.1 Å². The Morgan fingerprint density at radius 3 is 2.75 bits per heavy atom. The van der Waals surface area contributed by atoms with Crippen LogP contribution >= 0.6 is 0 Å². The molecule has 0 aliphatic carbocycles. The topological polar surface area (TPSA) is 76.3 Å². The first kappa shape index (κ1) is 12.9. The highest BCUT2D eigenvalue weighted by Gasteiger charge is 2.37. The number of para-hydroxylation sites is 1. The van der Waals surface area contributed by atoms with Crippen LogP contribution in [0.2, 0.25) is 0 Å². The highest BCUT2D eigenvalue weighted by atomic mass is 32.2. The first-order chi connectivity index (χ1) is 9.51. The predicted octanol–water partition coefficient (Wildman–Crippen LogP) is 1.80. The van der Waals surface area contributed by atoms with Crippen LogP contribution in [0.4, 0.5) is 11.4 Å². The first-order valence-corrected chi connectivity index (χ1v) is 7.78. The van der Waals surface area contributed by atoms with E-state index in [1.165, 1.54) is 10.5 Å². The predicted molar refractivity (Wildman–Crippen MR) is 77.9 cm³/mol. The van der Waals surface area contributed by atoms with Gasteiger partial charge in [0.05, 0.1) is 11.4 Å². The number of sulfonamides is 1. The van der Waals surface area contributed by atoms with E-state index >= 15 is 0 Å². The molecule has 0 fully saturated rings. The van der Waals surface area contributed by atoms with Crippen LogP contribution in [-0.2, 0) is 16.4 Å². The van der Waals surface area contributed by atoms with Crippen molar-refractivity contribution in [2.75, 3.05) is 10.0 Å². The maximum atomic E-state index is 12.8. The number of anilines is 2. The van der Waals surface area contributed by atoms with Gasteiger partial charge < -0.3 is 5.73 Å². The molecule has 2 heterocycles. The number of aromatic nitrogens is 1. The van der Waals surface area contributed by atoms with E-state index in [4.69, 9.17) is 5.73 Å². The van der Waals surface area contributed by atoms with Crippen molar-refractivity contribution in [3.05, 3.63) is 48.2 Å². The number of hydrogen-bond acceptors (Lipinski definition) is 4. The molecule has 1 aromatic carbocycles. The third kappa shape index (κ3) is 1.84. The molecule has 20 heavy (non-hydrogen) atoms. The van der Waals surface area contributed by atoms with Gasteiger partial charge in [0.2, 0.25) is 0 Å². The summed E-state index contributed by atoms with van der Waals surface area (Å²) in [7, 11) is -3.73. The van der Waals surface area contributed by atoms with Crippen LogP contribution in [0.25, 0.3) is 0 Å². The zero-order valence-electron chi connectivity index (χ0n) is 11.0. The third-order valence-corrected chi connectivity index (χ3v) is 5.35. The van der Waals surface area contributed by atoms with E-state index < -0.39 is 10.0 Å². The van der Waals surface area contributed by atoms with Crippen molar-refractivity contribution >= 4 is 21.4 Å². The molecule has 3 rings (SSSR count). The van der Waals surface area contributed by atoms with E-state index in [-0.39, 0.29) is 16.8 Å². The van der Waals surface area contributed by atoms with Crippen molar-refractivity contribution in [1.82, 2.24) is 4.98 Å². The van der Waals surface area contributed by atoms with Crippen molar-refractivity contribution < 1.29 is 8.42 Å². The van der Waals surface area contributed by atoms with Crippen LogP contribution in [0.1, 0.15) is 12.5 Å². The largest absolute Gasteiger partial charge is 0.396 e. The SMILES string of the molecule is CC1Cc2ccccc2N1S(=O)(=O)c1ncccc1N. The molecule has 2 N–H and O–H groups in total. The molecule has 1 atom stereocenters. The second kappa shape index (κ2) is 4.49. The maximum Gasteiger partial charge on any atom is 0.284 e. The smallest absolute Gasteiger partial charge is 0.284 e. The van der Waals surface area contributed by atoms with Gasteiger partial charge in [0, 0.05) is 12.2 Å². The summed E-state index contributed by atoms with van der Waals surface area (Å²) in [6.07, 6.45) is 2.14. The molecule has 0 radical (unpaired) electrons. The Bertz CT molecular complexity index is 759. The number of nitrogens with two attached hydrogens (primary N) is 1. The number of rotatable bonds is 2. The molecule has 104 valence electrons. The minimum Gasteiger partial charge on any atom is -0.396 e. The number of nitrogens with zero attached hydrogens (tertiary/aromatic N) is 2. The Balaban J connectivity index is 2.16. The van der Waals surface area contributed by atoms with Crippen LogP contribution in [-0.4, -0.2) is 19.4 Å². The summed E-state index contributed by atoms with van der Waals surface area (Å²) in [5, 5.41) is -0.0800. The standard InChI is InChI=1S/C14H15N3O2S/c1-10-9-11-5-2-3-7-13(11)17(10)20(18,19)14-12(15)6-4-8-16-14/h2-8,10H,9,15H2,1H3. The van der Waals surface area contributed by atoms with Gasteiger partial charge in [0.15, 0.2) is 5.03 Å². The van der Waals surface area contributed by atoms with Gasteiger partial charge in [0.25, 0.3) is 10.0 Å². The second-order valence-corrected chi connectivity index (χ2v) is 6.61. The zero-order valence-corrected chi connectivity index (χ0v) is 11.8. The molecule has 2 aromatic rings. The minimum atomic E-state index is -3.73. The first-order valence-electron chi connectivity index (χ1n) is 6.34. The molecule has 0 bridgehead atoms. The van der Waals surface area contributed by atoms with Crippen LogP contribution < -0.4 is 10.0 Å². The quantitative estimate of drug-likeness (QED) is 0.914. The Labute approximate surface area is 118 Å². The lowest BCUT2D eigenvalue weighted by molar-refractivity contribution is 0.581. The summed E-state index contributed by atoms with van der Waals surface area (Å²) in [4.78, 5) is 3.95. The van der Waals surface area contributed by atoms with Gasteiger partial charge in [-0.3, -0.25) is 4.31 Å². The molecule has 1 aliphatic heterocycles. The molecular formula is C14H15N3O2S. The van der Waals surface area contributed by atoms with E-state index in [2.05, 4.69) is 4.98 Å². The maximum absolute atomic E-state index is 12.8. The van der Waals surface area contributed by atoms with E-state index in [1.54, 1.807) is 12.1 Å². The fourth-order valence-electron chi connectivity index (χ4n) is 2.62. The van der Waals surface area contributed by atoms with Crippen molar-refractivity contribution in [1.29, 1.82) is 0 Å². The van der Waals surface area contributed by atoms with Crippen LogP contribution in [0.5, 0.6) is 0 Å². The minimum absolute atomic E-state index is 0.0800. The lowest BCUT2D eigenvalue weighted by atomic mass is 10.1. The van der Waals surface area contributed by atoms with Gasteiger partial charge >= 0.3 is 0 Å². The summed E-state index contributed by atoms with van der Waals surface area (Å²) in [5.41, 5.74) is 7.68. The lowest BCUT2D eigenvalue weighted by Gasteiger charge is -2.24. The fraction of sp³-hybridized carbons (Fsp3) is 0.214. The Morgan fingerprint density at radius 1 is 1.25 bits per heavy atom. The van der Waals surface area contributed by atoms with E-state index in [1.807, 2.05) is 31.2 Å². The third-order valence-electron chi connectivity index (χ3n) is 3.45. The average Bonchev–Trinajstić information content (AvgIpc) is 2.75. The number of pyridine rings is 1. The molecule has 1 aromatic heterocycles. The van der Waals surface area contributed by atoms with E-state index in [9.17, 15) is 8.42 Å². The number of benzene rings is 1. The van der Waals surface area contributed by atoms with E-state index in [0.29, 0.717) is 12.1 Å². The van der Waals surface area contributed by atoms with Crippen LogP contribution in [0.3, 0.4) is 0 Å². The lowest BCUT2D eigenvalue weighted by Crippen LogP contribution is -2.36. The van der Waals surface area contributed by atoms with Gasteiger partial charge in [-0.25, -0.2) is 4.98 Å². The molecular weight excluding hydrogens is 274 g/mol. The highest BCUT2D eigenvalue weighted by Crippen LogP contribution is 2.36. The fourth-order valence-corrected chi connectivity index (χ4v) is 4.35. The van der Waals surface area contributed by atoms with Crippen molar-refractivity contribution in [3.63, 3.8) is 0 Å². The van der Waals surface area contributed by atoms with Crippen LogP contribution in [0, 0.1) is 0 Å². The molecule has 5 nitrogen and oxygen atoms in total. The monoisotopic (exact) mass is 289 g/mol. The summed E-state index contributed by atoms with van der Waals surface area (Å²) in [6.45, 7) is 1.89. The molecule has 6 heteroatoms. The number of fused-ring (bicyclic) bond motifs is 1. The van der Waals surface area contributed by atoms with Crippen molar-refractivity contribution in [2.24, 2.45) is 0 Å². The summed E-state index contributed by atoms with van der Waals surface area (Å²) >= 11 is 0. The van der Waals surface area contributed by atoms with Gasteiger partial charge in [-0.2, -0.15) is 8.42 Å². The van der Waals surface area contributed by atoms with Crippen molar-refractivity contribution in [2.45, 2.75) is 24.4 Å². The van der Waals surface area contributed by atoms with Gasteiger partial charge in [0.1, 0.15) is 0 Å². The molecule has 0 saturated heterocycles. The van der Waals surface area contributed by atoms with Gasteiger partial charge in [-0.1, -0.05) is 18.2 Å². The molecule has 1 unspecified atom stereocenters. The second-order valence-electron chi connectivity index (χ2n) is 4.88. The van der Waals surface area contributed by atoms with Gasteiger partial charge in [-0.15, -0.1) is 0 Å². The Hall–Kier alpha value is -2.08. The highest BCUT2D eigenvalue weighted by molar-refractivity contribution is 7.93. The normalized spacial score (nSPS) is 18.1. The molecule has 0 saturated carbocycles. The number of nitrogen functional groups attached to an aromatic ring is 1. The van der Waals surface area contributed by atoms with E-state index in [0.717, 1.165) is 5.56 Å². The molecule has 0 amide bonds. The average molecular weight is 289 g/mol. The summed E-state index contributed by atoms with van der Waals surface area (Å²) < 4.78 is 27.0. The Morgan fingerprint density at radius 2 is 2.00 bits per heavy atom.